The normalized spacial score (nSPS) is 14.3. The van der Waals surface area contributed by atoms with Crippen molar-refractivity contribution in [2.24, 2.45) is 11.5 Å². The number of carbonyl (C=O) groups excluding carboxylic acids is 3. The van der Waals surface area contributed by atoms with Crippen molar-refractivity contribution >= 4 is 29.7 Å². The first-order valence-corrected chi connectivity index (χ1v) is 10.5. The van der Waals surface area contributed by atoms with Crippen molar-refractivity contribution in [3.8, 4) is 0 Å². The zero-order valence-electron chi connectivity index (χ0n) is 18.4. The van der Waals surface area contributed by atoms with Gasteiger partial charge in [0, 0.05) is 18.3 Å². The Bertz CT molecular complexity index is 833. The second-order valence-electron chi connectivity index (χ2n) is 7.47. The van der Waals surface area contributed by atoms with Crippen LogP contribution in [-0.2, 0) is 30.4 Å². The molecule has 190 valence electrons. The van der Waals surface area contributed by atoms with Crippen LogP contribution in [0.5, 0.6) is 0 Å². The number of aliphatic hydroxyl groups excluding tert-OH is 1. The summed E-state index contributed by atoms with van der Waals surface area (Å²) in [7, 11) is 0. The molecule has 3 amide bonds. The largest absolute Gasteiger partial charge is 0.481 e. The van der Waals surface area contributed by atoms with Crippen molar-refractivity contribution in [1.82, 2.24) is 25.9 Å². The van der Waals surface area contributed by atoms with E-state index in [0.29, 0.717) is 25.1 Å². The number of amides is 3. The molecule has 0 saturated carbocycles. The molecule has 0 aliphatic heterocycles. The predicted octanol–water partition coefficient (Wildman–Crippen LogP) is -3.59. The third-order valence-corrected chi connectivity index (χ3v) is 4.72. The fraction of sp³-hybridized carbons (Fsp3) is 0.579. The Morgan fingerprint density at radius 3 is 2.12 bits per heavy atom. The van der Waals surface area contributed by atoms with E-state index in [1.165, 1.54) is 12.5 Å². The van der Waals surface area contributed by atoms with E-state index in [2.05, 4.69) is 25.9 Å². The summed E-state index contributed by atoms with van der Waals surface area (Å²) in [6, 6.07) is -5.54. The third kappa shape index (κ3) is 9.93. The average molecular weight is 485 g/mol. The molecule has 0 aromatic carbocycles. The van der Waals surface area contributed by atoms with Gasteiger partial charge < -0.3 is 47.7 Å². The molecular weight excluding hydrogens is 454 g/mol. The number of hydrogen-bond acceptors (Lipinski definition) is 9. The number of hydrogen-bond donors (Lipinski definition) is 9. The smallest absolute Gasteiger partial charge is 0.326 e. The minimum atomic E-state index is -1.63. The number of H-pyrrole nitrogens is 1. The number of imidazole rings is 1. The zero-order chi connectivity index (χ0) is 25.7. The van der Waals surface area contributed by atoms with Gasteiger partial charge in [-0.2, -0.15) is 0 Å². The average Bonchev–Trinajstić information content (AvgIpc) is 3.29. The van der Waals surface area contributed by atoms with Crippen molar-refractivity contribution in [2.75, 3.05) is 13.2 Å². The van der Waals surface area contributed by atoms with E-state index >= 15 is 0 Å². The molecule has 15 nitrogen and oxygen atoms in total. The first-order chi connectivity index (χ1) is 16.1. The number of carboxylic acids is 2. The lowest BCUT2D eigenvalue weighted by Gasteiger charge is -2.24. The Morgan fingerprint density at radius 2 is 1.59 bits per heavy atom. The van der Waals surface area contributed by atoms with Gasteiger partial charge in [-0.05, 0) is 25.8 Å². The number of rotatable bonds is 16. The lowest BCUT2D eigenvalue weighted by molar-refractivity contribution is -0.143. The Balaban J connectivity index is 2.96. The molecule has 1 rings (SSSR count). The fourth-order valence-electron chi connectivity index (χ4n) is 2.87. The molecule has 0 aliphatic rings. The van der Waals surface area contributed by atoms with Gasteiger partial charge in [0.25, 0.3) is 0 Å². The Morgan fingerprint density at radius 1 is 0.971 bits per heavy atom. The van der Waals surface area contributed by atoms with Gasteiger partial charge >= 0.3 is 11.9 Å². The number of nitrogens with one attached hydrogen (secondary N) is 4. The number of aromatic amines is 1. The van der Waals surface area contributed by atoms with Crippen LogP contribution in [0.15, 0.2) is 12.5 Å². The van der Waals surface area contributed by atoms with Crippen LogP contribution in [0.4, 0.5) is 0 Å². The van der Waals surface area contributed by atoms with Crippen LogP contribution in [0, 0.1) is 0 Å². The maximum atomic E-state index is 12.8. The van der Waals surface area contributed by atoms with Crippen LogP contribution in [-0.4, -0.2) is 92.3 Å². The molecule has 0 aliphatic carbocycles. The second-order valence-corrected chi connectivity index (χ2v) is 7.47. The maximum Gasteiger partial charge on any atom is 0.326 e. The highest BCUT2D eigenvalue weighted by molar-refractivity contribution is 5.95. The molecule has 4 unspecified atom stereocenters. The molecule has 0 saturated heterocycles. The summed E-state index contributed by atoms with van der Waals surface area (Å²) in [6.07, 6.45) is 2.74. The fourth-order valence-corrected chi connectivity index (χ4v) is 2.87. The molecule has 0 fully saturated rings. The second kappa shape index (κ2) is 14.6. The molecule has 1 aromatic rings. The monoisotopic (exact) mass is 485 g/mol. The van der Waals surface area contributed by atoms with Crippen LogP contribution >= 0.6 is 0 Å². The lowest BCUT2D eigenvalue weighted by atomic mass is 10.1. The number of aliphatic carboxylic acids is 2. The van der Waals surface area contributed by atoms with Crippen molar-refractivity contribution < 1.29 is 39.3 Å². The van der Waals surface area contributed by atoms with Gasteiger partial charge in [-0.3, -0.25) is 19.2 Å². The number of carbonyl (C=O) groups is 5. The van der Waals surface area contributed by atoms with Gasteiger partial charge in [0.2, 0.25) is 17.7 Å². The molecule has 4 atom stereocenters. The van der Waals surface area contributed by atoms with Gasteiger partial charge in [0.15, 0.2) is 0 Å². The maximum absolute atomic E-state index is 12.8. The van der Waals surface area contributed by atoms with Gasteiger partial charge in [0.1, 0.15) is 24.2 Å². The van der Waals surface area contributed by atoms with E-state index in [0.717, 1.165) is 0 Å². The van der Waals surface area contributed by atoms with E-state index in [-0.39, 0.29) is 12.8 Å². The van der Waals surface area contributed by atoms with Crippen LogP contribution in [0.3, 0.4) is 0 Å². The predicted molar refractivity (Wildman–Crippen MR) is 116 cm³/mol. The number of unbranched alkanes of at least 4 members (excludes halogenated alkanes) is 1. The van der Waals surface area contributed by atoms with Gasteiger partial charge in [0.05, 0.1) is 19.4 Å². The Kier molecular flexibility index (Phi) is 12.2. The standard InChI is InChI=1S/C19H31N7O8/c20-4-2-1-3-12(24-16(30)11(21)8-27)17(31)25-13(6-15(28)29)18(32)26-14(19(33)34)5-10-7-22-9-23-10/h7,9,11-14,27H,1-6,8,20-21H2,(H,22,23)(H,24,30)(H,25,31)(H,26,32)(H,28,29)(H,33,34). The lowest BCUT2D eigenvalue weighted by Crippen LogP contribution is -2.58. The molecule has 15 heteroatoms. The number of aliphatic hydroxyl groups is 1. The first-order valence-electron chi connectivity index (χ1n) is 10.5. The van der Waals surface area contributed by atoms with Crippen LogP contribution < -0.4 is 27.4 Å². The van der Waals surface area contributed by atoms with Gasteiger partial charge in [-0.1, -0.05) is 0 Å². The molecule has 11 N–H and O–H groups in total. The van der Waals surface area contributed by atoms with Crippen LogP contribution in [0.2, 0.25) is 0 Å². The topological polar surface area (TPSA) is 263 Å². The van der Waals surface area contributed by atoms with Gasteiger partial charge in [-0.25, -0.2) is 9.78 Å². The molecule has 0 radical (unpaired) electrons. The number of nitrogens with zero attached hydrogens (tertiary/aromatic N) is 1. The van der Waals surface area contributed by atoms with Crippen molar-refractivity contribution in [3.63, 3.8) is 0 Å². The Hall–Kier alpha value is -3.56. The molecule has 0 bridgehead atoms. The van der Waals surface area contributed by atoms with Crippen LogP contribution in [0.25, 0.3) is 0 Å². The Labute approximate surface area is 194 Å². The summed E-state index contributed by atoms with van der Waals surface area (Å²) in [5.41, 5.74) is 11.3. The molecule has 1 heterocycles. The van der Waals surface area contributed by atoms with E-state index in [1.807, 2.05) is 0 Å². The van der Waals surface area contributed by atoms with E-state index in [4.69, 9.17) is 21.7 Å². The van der Waals surface area contributed by atoms with E-state index in [9.17, 15) is 29.1 Å². The molecule has 1 aromatic heterocycles. The summed E-state index contributed by atoms with van der Waals surface area (Å²) in [5, 5.41) is 34.4. The summed E-state index contributed by atoms with van der Waals surface area (Å²) < 4.78 is 0. The quantitative estimate of drug-likeness (QED) is 0.103. The van der Waals surface area contributed by atoms with Crippen molar-refractivity contribution in [3.05, 3.63) is 18.2 Å². The highest BCUT2D eigenvalue weighted by Crippen LogP contribution is 2.05. The number of carboxylic acid groups (broad SMARTS) is 2. The first kappa shape index (κ1) is 28.5. The number of nitrogens with two attached hydrogens (primary N) is 2. The van der Waals surface area contributed by atoms with Crippen LogP contribution in [0.1, 0.15) is 31.4 Å². The molecule has 0 spiro atoms. The minimum absolute atomic E-state index is 0.103. The van der Waals surface area contributed by atoms with Crippen molar-refractivity contribution in [2.45, 2.75) is 56.3 Å². The summed E-state index contributed by atoms with van der Waals surface area (Å²) >= 11 is 0. The van der Waals surface area contributed by atoms with E-state index < -0.39 is 66.9 Å². The SMILES string of the molecule is NCCCCC(NC(=O)C(N)CO)C(=O)NC(CC(=O)O)C(=O)NC(Cc1cnc[nH]1)C(=O)O. The van der Waals surface area contributed by atoms with Gasteiger partial charge in [-0.15, -0.1) is 0 Å². The minimum Gasteiger partial charge on any atom is -0.481 e. The highest BCUT2D eigenvalue weighted by atomic mass is 16.4. The summed E-state index contributed by atoms with van der Waals surface area (Å²) in [5.74, 6) is -5.54. The van der Waals surface area contributed by atoms with Crippen molar-refractivity contribution in [1.29, 1.82) is 0 Å². The third-order valence-electron chi connectivity index (χ3n) is 4.72. The molecule has 34 heavy (non-hydrogen) atoms. The van der Waals surface area contributed by atoms with E-state index in [1.54, 1.807) is 0 Å². The highest BCUT2D eigenvalue weighted by Gasteiger charge is 2.31. The summed E-state index contributed by atoms with van der Waals surface area (Å²) in [6.45, 7) is -0.338. The number of aromatic nitrogens is 2. The zero-order valence-corrected chi connectivity index (χ0v) is 18.4. The summed E-state index contributed by atoms with van der Waals surface area (Å²) in [4.78, 5) is 66.8. The molecular formula is C19H31N7O8.